The molecule has 0 amide bonds. The fourth-order valence-electron chi connectivity index (χ4n) is 1.55. The van der Waals surface area contributed by atoms with Gasteiger partial charge in [0, 0.05) is 26.2 Å². The first-order valence-corrected chi connectivity index (χ1v) is 5.14. The minimum atomic E-state index is 1.12. The van der Waals surface area contributed by atoms with Crippen LogP contribution in [0, 0.1) is 0 Å². The quantitative estimate of drug-likeness (QED) is 0.671. The summed E-state index contributed by atoms with van der Waals surface area (Å²) in [6.07, 6.45) is 3.86. The number of hydrogen-bond donors (Lipinski definition) is 1. The molecule has 0 spiro atoms. The Bertz CT molecular complexity index is 110. The lowest BCUT2D eigenvalue weighted by Crippen LogP contribution is -2.47. The third-order valence-electron chi connectivity index (χ3n) is 2.32. The normalized spacial score (nSPS) is 19.2. The van der Waals surface area contributed by atoms with Gasteiger partial charge in [-0.2, -0.15) is 5.12 Å². The van der Waals surface area contributed by atoms with Crippen molar-refractivity contribution >= 4 is 0 Å². The van der Waals surface area contributed by atoms with Crippen molar-refractivity contribution < 1.29 is 0 Å². The van der Waals surface area contributed by atoms with Gasteiger partial charge in [-0.05, 0) is 12.8 Å². The van der Waals surface area contributed by atoms with Gasteiger partial charge >= 0.3 is 0 Å². The molecule has 12 heavy (non-hydrogen) atoms. The maximum atomic E-state index is 3.38. The van der Waals surface area contributed by atoms with Crippen molar-refractivity contribution in [2.24, 2.45) is 0 Å². The number of nitrogens with zero attached hydrogens (tertiary/aromatic N) is 2. The summed E-state index contributed by atoms with van der Waals surface area (Å²) < 4.78 is 0. The van der Waals surface area contributed by atoms with E-state index < -0.39 is 0 Å². The van der Waals surface area contributed by atoms with Crippen LogP contribution in [-0.2, 0) is 0 Å². The molecule has 1 saturated heterocycles. The van der Waals surface area contributed by atoms with Crippen molar-refractivity contribution in [1.82, 2.24) is 15.6 Å². The highest BCUT2D eigenvalue weighted by molar-refractivity contribution is 4.60. The van der Waals surface area contributed by atoms with Crippen LogP contribution in [0.4, 0.5) is 0 Å². The van der Waals surface area contributed by atoms with Crippen molar-refractivity contribution in [1.29, 1.82) is 0 Å². The van der Waals surface area contributed by atoms with E-state index in [1.165, 1.54) is 32.4 Å². The molecule has 0 unspecified atom stereocenters. The van der Waals surface area contributed by atoms with E-state index in [2.05, 4.69) is 29.4 Å². The molecule has 0 bridgehead atoms. The Balaban J connectivity index is 2.22. The zero-order valence-corrected chi connectivity index (χ0v) is 8.34. The van der Waals surface area contributed by atoms with Crippen LogP contribution in [0.1, 0.15) is 33.1 Å². The van der Waals surface area contributed by atoms with Crippen LogP contribution in [0.5, 0.6) is 0 Å². The van der Waals surface area contributed by atoms with E-state index in [1.54, 1.807) is 0 Å². The first kappa shape index (κ1) is 9.96. The van der Waals surface area contributed by atoms with Crippen LogP contribution < -0.4 is 5.43 Å². The largest absolute Gasteiger partial charge is 0.241 e. The van der Waals surface area contributed by atoms with Crippen molar-refractivity contribution in [2.45, 2.75) is 33.1 Å². The number of hydrazine groups is 2. The highest BCUT2D eigenvalue weighted by Crippen LogP contribution is 2.03. The van der Waals surface area contributed by atoms with Gasteiger partial charge in [0.15, 0.2) is 0 Å². The van der Waals surface area contributed by atoms with Crippen LogP contribution in [0.3, 0.4) is 0 Å². The zero-order valence-electron chi connectivity index (χ0n) is 8.34. The van der Waals surface area contributed by atoms with Crippen LogP contribution in [0.2, 0.25) is 0 Å². The SMILES string of the molecule is CCCCN(CC)N1CCCN1. The molecule has 72 valence electrons. The minimum absolute atomic E-state index is 1.12. The average molecular weight is 171 g/mol. The Labute approximate surface area is 75.7 Å². The smallest absolute Gasteiger partial charge is 0.0303 e. The topological polar surface area (TPSA) is 18.5 Å². The van der Waals surface area contributed by atoms with E-state index in [1.807, 2.05) is 0 Å². The molecule has 1 aliphatic rings. The zero-order chi connectivity index (χ0) is 8.81. The lowest BCUT2D eigenvalue weighted by atomic mass is 10.3. The van der Waals surface area contributed by atoms with Crippen LogP contribution in [-0.4, -0.2) is 36.3 Å². The third-order valence-corrected chi connectivity index (χ3v) is 2.32. The predicted octanol–water partition coefficient (Wildman–Crippen LogP) is 1.23. The molecule has 1 aliphatic heterocycles. The van der Waals surface area contributed by atoms with Gasteiger partial charge in [0.25, 0.3) is 0 Å². The standard InChI is InChI=1S/C9H21N3/c1-3-5-8-11(4-2)12-9-6-7-10-12/h10H,3-9H2,1-2H3. The second kappa shape index (κ2) is 5.51. The predicted molar refractivity (Wildman–Crippen MR) is 51.5 cm³/mol. The van der Waals surface area contributed by atoms with Gasteiger partial charge in [-0.1, -0.05) is 20.3 Å². The molecule has 3 nitrogen and oxygen atoms in total. The van der Waals surface area contributed by atoms with Crippen LogP contribution >= 0.6 is 0 Å². The highest BCUT2D eigenvalue weighted by atomic mass is 15.8. The van der Waals surface area contributed by atoms with Crippen molar-refractivity contribution in [3.8, 4) is 0 Å². The van der Waals surface area contributed by atoms with Gasteiger partial charge < -0.3 is 0 Å². The summed E-state index contributed by atoms with van der Waals surface area (Å²) >= 11 is 0. The fourth-order valence-corrected chi connectivity index (χ4v) is 1.55. The molecule has 0 aromatic carbocycles. The Morgan fingerprint density at radius 3 is 2.75 bits per heavy atom. The minimum Gasteiger partial charge on any atom is -0.241 e. The van der Waals surface area contributed by atoms with E-state index in [0.29, 0.717) is 0 Å². The van der Waals surface area contributed by atoms with Gasteiger partial charge in [0.05, 0.1) is 0 Å². The van der Waals surface area contributed by atoms with E-state index in [4.69, 9.17) is 0 Å². The summed E-state index contributed by atoms with van der Waals surface area (Å²) in [7, 11) is 0. The number of nitrogens with one attached hydrogen (secondary N) is 1. The summed E-state index contributed by atoms with van der Waals surface area (Å²) in [5.74, 6) is 0. The molecule has 1 fully saturated rings. The maximum absolute atomic E-state index is 3.38. The molecular formula is C9H21N3. The Morgan fingerprint density at radius 1 is 1.42 bits per heavy atom. The van der Waals surface area contributed by atoms with E-state index in [0.717, 1.165) is 13.1 Å². The van der Waals surface area contributed by atoms with Crippen molar-refractivity contribution in [2.75, 3.05) is 26.2 Å². The first-order chi connectivity index (χ1) is 5.88. The molecule has 0 radical (unpaired) electrons. The van der Waals surface area contributed by atoms with Gasteiger partial charge in [0.1, 0.15) is 0 Å². The molecule has 0 aromatic rings. The summed E-state index contributed by atoms with van der Waals surface area (Å²) in [5, 5.41) is 4.67. The maximum Gasteiger partial charge on any atom is 0.0303 e. The fraction of sp³-hybridized carbons (Fsp3) is 1.00. The van der Waals surface area contributed by atoms with Crippen LogP contribution in [0.15, 0.2) is 0 Å². The Kier molecular flexibility index (Phi) is 4.58. The summed E-state index contributed by atoms with van der Waals surface area (Å²) in [4.78, 5) is 0. The van der Waals surface area contributed by atoms with Gasteiger partial charge in [-0.25, -0.2) is 10.4 Å². The molecule has 0 atom stereocenters. The summed E-state index contributed by atoms with van der Waals surface area (Å²) in [6.45, 7) is 9.09. The van der Waals surface area contributed by atoms with Gasteiger partial charge in [0.2, 0.25) is 0 Å². The lowest BCUT2D eigenvalue weighted by molar-refractivity contribution is -0.0406. The van der Waals surface area contributed by atoms with E-state index in [9.17, 15) is 0 Å². The highest BCUT2D eigenvalue weighted by Gasteiger charge is 2.16. The van der Waals surface area contributed by atoms with Gasteiger partial charge in [-0.15, -0.1) is 0 Å². The molecule has 0 aromatic heterocycles. The molecule has 1 N–H and O–H groups in total. The second-order valence-corrected chi connectivity index (χ2v) is 3.28. The summed E-state index contributed by atoms with van der Waals surface area (Å²) in [5.41, 5.74) is 3.38. The first-order valence-electron chi connectivity index (χ1n) is 5.14. The number of rotatable bonds is 5. The Morgan fingerprint density at radius 2 is 2.25 bits per heavy atom. The molecule has 3 heteroatoms. The molecule has 1 rings (SSSR count). The van der Waals surface area contributed by atoms with E-state index >= 15 is 0 Å². The van der Waals surface area contributed by atoms with Crippen molar-refractivity contribution in [3.05, 3.63) is 0 Å². The molecular weight excluding hydrogens is 150 g/mol. The van der Waals surface area contributed by atoms with Crippen molar-refractivity contribution in [3.63, 3.8) is 0 Å². The molecule has 0 aliphatic carbocycles. The molecule has 1 heterocycles. The van der Waals surface area contributed by atoms with Crippen LogP contribution in [0.25, 0.3) is 0 Å². The Hall–Kier alpha value is -0.120. The summed E-state index contributed by atoms with van der Waals surface area (Å²) in [6, 6.07) is 0. The van der Waals surface area contributed by atoms with E-state index in [-0.39, 0.29) is 0 Å². The molecule has 0 saturated carbocycles. The van der Waals surface area contributed by atoms with Gasteiger partial charge in [-0.3, -0.25) is 0 Å². The number of unbranched alkanes of at least 4 members (excludes halogenated alkanes) is 1. The second-order valence-electron chi connectivity index (χ2n) is 3.28. The average Bonchev–Trinajstić information content (AvgIpc) is 2.59. The third kappa shape index (κ3) is 2.73. The number of hydrogen-bond acceptors (Lipinski definition) is 3. The lowest BCUT2D eigenvalue weighted by Gasteiger charge is -2.30. The monoisotopic (exact) mass is 171 g/mol.